The lowest BCUT2D eigenvalue weighted by atomic mass is 9.95. The first-order chi connectivity index (χ1) is 20.8. The average Bonchev–Trinajstić information content (AvgIpc) is 3.58. The number of hydrogen-bond donors (Lipinski definition) is 1. The van der Waals surface area contributed by atoms with Crippen LogP contribution in [0.15, 0.2) is 76.6 Å². The van der Waals surface area contributed by atoms with Gasteiger partial charge in [-0.25, -0.2) is 0 Å². The molecule has 1 aliphatic heterocycles. The van der Waals surface area contributed by atoms with Crippen molar-refractivity contribution < 1.29 is 24.2 Å². The normalized spacial score (nSPS) is 16.1. The Balaban J connectivity index is 1.58. The Kier molecular flexibility index (Phi) is 9.69. The summed E-state index contributed by atoms with van der Waals surface area (Å²) in [4.78, 5) is 28.5. The zero-order valence-electron chi connectivity index (χ0n) is 23.9. The number of ketones is 1. The quantitative estimate of drug-likeness (QED) is 0.0591. The smallest absolute Gasteiger partial charge is 0.301 e. The van der Waals surface area contributed by atoms with Gasteiger partial charge in [-0.15, -0.1) is 10.2 Å². The Morgan fingerprint density at radius 2 is 1.79 bits per heavy atom. The molecule has 222 valence electrons. The second kappa shape index (κ2) is 13.6. The molecule has 1 unspecified atom stereocenters. The van der Waals surface area contributed by atoms with Crippen molar-refractivity contribution in [1.29, 1.82) is 0 Å². The maximum absolute atomic E-state index is 13.6. The van der Waals surface area contributed by atoms with E-state index in [1.165, 1.54) is 28.0 Å². The van der Waals surface area contributed by atoms with Gasteiger partial charge in [0, 0.05) is 16.3 Å². The minimum Gasteiger partial charge on any atom is -0.507 e. The Labute approximate surface area is 263 Å². The van der Waals surface area contributed by atoms with Crippen LogP contribution in [0.5, 0.6) is 11.5 Å². The van der Waals surface area contributed by atoms with E-state index in [1.807, 2.05) is 57.2 Å². The van der Waals surface area contributed by atoms with Gasteiger partial charge in [-0.05, 0) is 49.6 Å². The van der Waals surface area contributed by atoms with Crippen molar-refractivity contribution in [3.63, 3.8) is 0 Å². The first kappa shape index (κ1) is 30.6. The van der Waals surface area contributed by atoms with Crippen LogP contribution in [0.25, 0.3) is 5.76 Å². The lowest BCUT2D eigenvalue weighted by molar-refractivity contribution is -0.132. The number of aliphatic hydroxyl groups excluding tert-OH is 1. The molecule has 1 N–H and O–H groups in total. The summed E-state index contributed by atoms with van der Waals surface area (Å²) in [6.07, 6.45) is 0.817. The highest BCUT2D eigenvalue weighted by molar-refractivity contribution is 8.00. The molecule has 1 fully saturated rings. The van der Waals surface area contributed by atoms with E-state index in [0.29, 0.717) is 51.0 Å². The number of amides is 1. The zero-order valence-corrected chi connectivity index (χ0v) is 26.3. The number of thioether (sulfide) groups is 1. The highest BCUT2D eigenvalue weighted by Crippen LogP contribution is 2.45. The third-order valence-corrected chi connectivity index (χ3v) is 9.20. The van der Waals surface area contributed by atoms with Crippen molar-refractivity contribution >= 4 is 57.3 Å². The number of rotatable bonds is 11. The second-order valence-corrected chi connectivity index (χ2v) is 12.3. The number of Topliss-reactive ketones (excluding diaryl/α,β-unsaturated/α-hetero) is 1. The number of aliphatic hydroxyl groups is 1. The molecule has 1 saturated heterocycles. The monoisotopic (exact) mass is 635 g/mol. The summed E-state index contributed by atoms with van der Waals surface area (Å²) < 4.78 is 12.4. The van der Waals surface area contributed by atoms with Gasteiger partial charge in [0.2, 0.25) is 5.13 Å². The van der Waals surface area contributed by atoms with Crippen LogP contribution < -0.4 is 14.4 Å². The van der Waals surface area contributed by atoms with E-state index in [1.54, 1.807) is 30.3 Å². The number of ether oxygens (including phenoxy) is 2. The Morgan fingerprint density at radius 3 is 2.51 bits per heavy atom. The molecule has 3 aromatic carbocycles. The molecular weight excluding hydrogens is 606 g/mol. The van der Waals surface area contributed by atoms with Gasteiger partial charge in [0.05, 0.1) is 24.8 Å². The van der Waals surface area contributed by atoms with E-state index in [4.69, 9.17) is 21.1 Å². The molecule has 11 heteroatoms. The summed E-state index contributed by atoms with van der Waals surface area (Å²) >= 11 is 8.94. The molecule has 43 heavy (non-hydrogen) atoms. The molecule has 5 rings (SSSR count). The second-order valence-electron chi connectivity index (χ2n) is 9.75. The van der Waals surface area contributed by atoms with Gasteiger partial charge in [-0.2, -0.15) is 0 Å². The molecule has 0 saturated carbocycles. The molecule has 1 amide bonds. The fraction of sp³-hybridized carbons (Fsp3) is 0.250. The van der Waals surface area contributed by atoms with Gasteiger partial charge in [-0.1, -0.05) is 95.7 Å². The Morgan fingerprint density at radius 1 is 1.02 bits per heavy atom. The summed E-state index contributed by atoms with van der Waals surface area (Å²) in [6, 6.07) is 18.9. The Bertz CT molecular complexity index is 1670. The summed E-state index contributed by atoms with van der Waals surface area (Å²) in [5, 5.41) is 20.9. The maximum atomic E-state index is 13.6. The number of aryl methyl sites for hydroxylation is 1. The van der Waals surface area contributed by atoms with E-state index in [9.17, 15) is 14.7 Å². The fourth-order valence-corrected chi connectivity index (χ4v) is 6.77. The molecule has 0 spiro atoms. The first-order valence-corrected chi connectivity index (χ1v) is 16.0. The van der Waals surface area contributed by atoms with Crippen molar-refractivity contribution in [1.82, 2.24) is 10.2 Å². The molecular formula is C32H30ClN3O5S2. The third-order valence-electron chi connectivity index (χ3n) is 6.73. The molecule has 1 atom stereocenters. The van der Waals surface area contributed by atoms with Crippen LogP contribution in [0.4, 0.5) is 5.13 Å². The molecule has 8 nitrogen and oxygen atoms in total. The summed E-state index contributed by atoms with van der Waals surface area (Å²) in [7, 11) is 0. The lowest BCUT2D eigenvalue weighted by Crippen LogP contribution is -2.29. The lowest BCUT2D eigenvalue weighted by Gasteiger charge is -2.23. The van der Waals surface area contributed by atoms with E-state index in [2.05, 4.69) is 10.2 Å². The number of halogens is 1. The van der Waals surface area contributed by atoms with Gasteiger partial charge in [0.15, 0.2) is 15.8 Å². The van der Waals surface area contributed by atoms with Crippen molar-refractivity contribution in [2.24, 2.45) is 0 Å². The van der Waals surface area contributed by atoms with Gasteiger partial charge < -0.3 is 14.6 Å². The SMILES string of the molecule is CCCOc1ccc(C2/C(=C(\O)c3ccc(C)cc3)C(=O)C(=O)N2c2nnc(SCc3ccccc3Cl)s2)cc1OCC. The number of hydrogen-bond acceptors (Lipinski definition) is 9. The van der Waals surface area contributed by atoms with Crippen LogP contribution >= 0.6 is 34.7 Å². The van der Waals surface area contributed by atoms with Crippen LogP contribution in [-0.2, 0) is 15.3 Å². The van der Waals surface area contributed by atoms with E-state index < -0.39 is 17.7 Å². The molecule has 0 aliphatic carbocycles. The van der Waals surface area contributed by atoms with Crippen LogP contribution in [0, 0.1) is 6.92 Å². The van der Waals surface area contributed by atoms with Crippen LogP contribution in [0.1, 0.15) is 48.6 Å². The number of nitrogens with zero attached hydrogens (tertiary/aromatic N) is 3. The van der Waals surface area contributed by atoms with Crippen LogP contribution in [-0.4, -0.2) is 40.2 Å². The minimum atomic E-state index is -0.977. The topological polar surface area (TPSA) is 102 Å². The van der Waals surface area contributed by atoms with Crippen molar-refractivity contribution in [3.8, 4) is 11.5 Å². The maximum Gasteiger partial charge on any atom is 0.301 e. The van der Waals surface area contributed by atoms with Crippen LogP contribution in [0.2, 0.25) is 5.02 Å². The van der Waals surface area contributed by atoms with Gasteiger partial charge in [-0.3, -0.25) is 14.5 Å². The van der Waals surface area contributed by atoms with Gasteiger partial charge in [0.1, 0.15) is 5.76 Å². The number of aromatic nitrogens is 2. The van der Waals surface area contributed by atoms with Crippen molar-refractivity contribution in [2.45, 2.75) is 43.3 Å². The number of anilines is 1. The minimum absolute atomic E-state index is 0.0426. The van der Waals surface area contributed by atoms with Crippen molar-refractivity contribution in [2.75, 3.05) is 18.1 Å². The summed E-state index contributed by atoms with van der Waals surface area (Å²) in [6.45, 7) is 6.69. The molecule has 4 aromatic rings. The number of benzene rings is 3. The van der Waals surface area contributed by atoms with Gasteiger partial charge in [0.25, 0.3) is 5.78 Å². The molecule has 0 bridgehead atoms. The molecule has 1 aromatic heterocycles. The zero-order chi connectivity index (χ0) is 30.5. The average molecular weight is 636 g/mol. The van der Waals surface area contributed by atoms with Crippen molar-refractivity contribution in [3.05, 3.63) is 99.6 Å². The predicted octanol–water partition coefficient (Wildman–Crippen LogP) is 7.61. The first-order valence-electron chi connectivity index (χ1n) is 13.8. The summed E-state index contributed by atoms with van der Waals surface area (Å²) in [5.74, 6) is -0.303. The largest absolute Gasteiger partial charge is 0.507 e. The Hall–Kier alpha value is -3.86. The molecule has 1 aliphatic rings. The summed E-state index contributed by atoms with van der Waals surface area (Å²) in [5.41, 5.74) is 2.88. The van der Waals surface area contributed by atoms with Gasteiger partial charge >= 0.3 is 5.91 Å². The third kappa shape index (κ3) is 6.56. The standard InChI is InChI=1S/C32H30ClN3O5S2/c1-4-16-41-24-15-14-21(17-25(24)40-5-2)27-26(28(37)20-12-10-19(3)11-13-20)29(38)30(39)36(27)31-34-35-32(43-31)42-18-22-8-6-7-9-23(22)33/h6-15,17,27,37H,4-5,16,18H2,1-3H3/b28-26+. The number of carbonyl (C=O) groups is 2. The fourth-order valence-electron chi connectivity index (χ4n) is 4.62. The predicted molar refractivity (Wildman–Crippen MR) is 170 cm³/mol. The highest BCUT2D eigenvalue weighted by atomic mass is 35.5. The molecule has 0 radical (unpaired) electrons. The highest BCUT2D eigenvalue weighted by Gasteiger charge is 2.48. The van der Waals surface area contributed by atoms with E-state index >= 15 is 0 Å². The van der Waals surface area contributed by atoms with E-state index in [-0.39, 0.29) is 16.5 Å². The molecule has 2 heterocycles. The number of carbonyl (C=O) groups excluding carboxylic acids is 2. The van der Waals surface area contributed by atoms with E-state index in [0.717, 1.165) is 17.5 Å². The van der Waals surface area contributed by atoms with Crippen LogP contribution in [0.3, 0.4) is 0 Å².